The Morgan fingerprint density at radius 2 is 0.397 bits per heavy atom. The summed E-state index contributed by atoms with van der Waals surface area (Å²) in [6, 6.07) is 67.7. The van der Waals surface area contributed by atoms with Crippen LogP contribution in [0, 0.1) is 0 Å². The molecule has 0 aliphatic rings. The number of hydrogen-bond donors (Lipinski definition) is 0. The minimum absolute atomic E-state index is 1.26. The van der Waals surface area contributed by atoms with Gasteiger partial charge >= 0.3 is 124 Å². The zero-order valence-corrected chi connectivity index (χ0v) is 56.6. The van der Waals surface area contributed by atoms with Gasteiger partial charge in [-0.2, -0.15) is 0 Å². The van der Waals surface area contributed by atoms with Crippen molar-refractivity contribution in [2.75, 3.05) is 12.3 Å². The van der Waals surface area contributed by atoms with Crippen LogP contribution in [0.15, 0.2) is 182 Å². The topological polar surface area (TPSA) is 0 Å². The van der Waals surface area contributed by atoms with Gasteiger partial charge < -0.3 is 0 Å². The zero-order chi connectivity index (χ0) is 49.4. The summed E-state index contributed by atoms with van der Waals surface area (Å²) < 4.78 is 0. The number of hydrogen-bond acceptors (Lipinski definition) is 0. The third kappa shape index (κ3) is 25.5. The van der Waals surface area contributed by atoms with E-state index >= 15 is 0 Å². The van der Waals surface area contributed by atoms with Gasteiger partial charge in [0.05, 0.1) is 12.3 Å². The molecule has 0 aliphatic heterocycles. The molecular weight excluding hydrogens is 1480 g/mol. The van der Waals surface area contributed by atoms with E-state index in [9.17, 15) is 0 Å². The van der Waals surface area contributed by atoms with Gasteiger partial charge in [0.1, 0.15) is 46.4 Å². The molecule has 0 spiro atoms. The van der Waals surface area contributed by atoms with Crippen LogP contribution >= 0.6 is 127 Å². The predicted molar refractivity (Wildman–Crippen MR) is 337 cm³/mol. The van der Waals surface area contributed by atoms with E-state index in [0.29, 0.717) is 0 Å². The van der Waals surface area contributed by atoms with Crippen molar-refractivity contribution in [1.29, 1.82) is 0 Å². The maximum atomic E-state index is 3.27. The van der Waals surface area contributed by atoms with Gasteiger partial charge in [-0.1, -0.05) is 200 Å². The van der Waals surface area contributed by atoms with Gasteiger partial charge in [0, 0.05) is 0 Å². The van der Waals surface area contributed by atoms with E-state index in [1.54, 1.807) is 0 Å². The Kier molecular flexibility index (Phi) is 34.4. The van der Waals surface area contributed by atoms with Gasteiger partial charge in [-0.05, 0) is 98.5 Å². The molecule has 6 aromatic carbocycles. The fourth-order valence-corrected chi connectivity index (χ4v) is 17.6. The molecule has 0 nitrogen and oxygen atoms in total. The van der Waals surface area contributed by atoms with Crippen LogP contribution in [-0.2, 0) is 11.2 Å². The van der Waals surface area contributed by atoms with Crippen LogP contribution in [0.1, 0.15) is 117 Å². The van der Waals surface area contributed by atoms with Gasteiger partial charge in [-0.3, -0.25) is 0 Å². The standard InChI is InChI=1S/2C28H36P.8BrH.2Mn/c2*1-2-3-4-5-6-7-8-18-25-29(26-19-12-9-13-20-26,27-21-14-10-15-22-27)28-23-16-11-17-24-28;;;;;;;;;;/h2*9-17,19-24H,2-8,18,25H2,1H3;8*1H;;/q2*+1;;;;;;;;;2*+3/p-8. The maximum absolute atomic E-state index is 3.27. The van der Waals surface area contributed by atoms with Crippen LogP contribution in [0.3, 0.4) is 0 Å². The Morgan fingerprint density at radius 3 is 0.559 bits per heavy atom. The SMILES string of the molecule is CCCCCCCCCC[P+](c1ccccc1)(c1ccccc1)c1ccccc1.CCCCCCCCCC[P+](c1ccccc1)(c1ccccc1)c1ccccc1.[Br][Mn-]([Br])([Br])[Br].[Br][Mn-]([Br])([Br])[Br]. The molecule has 0 N–H and O–H groups in total. The first-order chi connectivity index (χ1) is 32.8. The molecule has 6 rings (SSSR count). The summed E-state index contributed by atoms with van der Waals surface area (Å²) in [6.45, 7) is 4.58. The van der Waals surface area contributed by atoms with E-state index in [-0.39, 0.29) is 0 Å². The van der Waals surface area contributed by atoms with Crippen molar-refractivity contribution < 1.29 is 11.2 Å². The molecule has 0 unspecified atom stereocenters. The second kappa shape index (κ2) is 36.9. The second-order valence-electron chi connectivity index (χ2n) is 16.7. The molecule has 0 radical (unpaired) electrons. The van der Waals surface area contributed by atoms with Crippen LogP contribution in [0.5, 0.6) is 0 Å². The average Bonchev–Trinajstić information content (AvgIpc) is 3.34. The number of benzene rings is 6. The third-order valence-corrected chi connectivity index (χ3v) is 20.9. The van der Waals surface area contributed by atoms with Crippen LogP contribution in [0.25, 0.3) is 0 Å². The van der Waals surface area contributed by atoms with E-state index < -0.39 is 25.8 Å². The molecule has 0 heterocycles. The number of unbranched alkanes of at least 4 members (excludes halogenated alkanes) is 14. The average molecular weight is 1560 g/mol. The van der Waals surface area contributed by atoms with Crippen molar-refractivity contribution in [3.63, 3.8) is 0 Å². The molecule has 0 saturated carbocycles. The molecular formula is C56H72Br8Mn2P2. The Hall–Kier alpha value is 1.06. The summed E-state index contributed by atoms with van der Waals surface area (Å²) in [5, 5.41) is 9.09. The molecule has 12 heteroatoms. The number of halogens is 8. The molecule has 0 bridgehead atoms. The van der Waals surface area contributed by atoms with Gasteiger partial charge in [0.15, 0.2) is 0 Å². The predicted octanol–water partition coefficient (Wildman–Crippen LogP) is 21.0. The molecule has 6 aromatic rings. The first-order valence-electron chi connectivity index (χ1n) is 24.0. The zero-order valence-electron chi connectivity index (χ0n) is 39.7. The molecule has 0 amide bonds. The fourth-order valence-electron chi connectivity index (χ4n) is 8.73. The summed E-state index contributed by atoms with van der Waals surface area (Å²) >= 11 is 26.1. The Morgan fingerprint density at radius 1 is 0.250 bits per heavy atom. The summed E-state index contributed by atoms with van der Waals surface area (Å²) in [5.41, 5.74) is -2.75. The van der Waals surface area contributed by atoms with Crippen molar-refractivity contribution in [3.05, 3.63) is 182 Å². The quantitative estimate of drug-likeness (QED) is 0.0322. The monoisotopic (exact) mass is 1550 g/mol. The van der Waals surface area contributed by atoms with Crippen molar-refractivity contribution in [2.24, 2.45) is 0 Å². The third-order valence-electron chi connectivity index (χ3n) is 11.9. The van der Waals surface area contributed by atoms with Crippen LogP contribution in [0.2, 0.25) is 0 Å². The van der Waals surface area contributed by atoms with Crippen molar-refractivity contribution in [3.8, 4) is 0 Å². The Labute approximate surface area is 475 Å². The molecule has 0 fully saturated rings. The first-order valence-corrected chi connectivity index (χ1v) is 51.3. The first kappa shape index (κ1) is 63.4. The Bertz CT molecular complexity index is 1750. The van der Waals surface area contributed by atoms with Gasteiger partial charge in [-0.25, -0.2) is 0 Å². The van der Waals surface area contributed by atoms with E-state index in [1.165, 1.54) is 147 Å². The van der Waals surface area contributed by atoms with Crippen LogP contribution in [-0.4, -0.2) is 12.3 Å². The molecule has 0 atom stereocenters. The molecule has 376 valence electrons. The van der Waals surface area contributed by atoms with Crippen molar-refractivity contribution >= 4 is 159 Å². The Balaban J connectivity index is 0.000000300. The van der Waals surface area contributed by atoms with Crippen LogP contribution in [0.4, 0.5) is 0 Å². The fraction of sp³-hybridized carbons (Fsp3) is 0.357. The van der Waals surface area contributed by atoms with E-state index in [4.69, 9.17) is 0 Å². The van der Waals surface area contributed by atoms with Crippen molar-refractivity contribution in [1.82, 2.24) is 0 Å². The summed E-state index contributed by atoms with van der Waals surface area (Å²) in [6.07, 6.45) is 24.5. The van der Waals surface area contributed by atoms with Crippen LogP contribution < -0.4 is 31.8 Å². The number of rotatable bonds is 24. The second-order valence-corrected chi connectivity index (χ2v) is 95.4. The summed E-state index contributed by atoms with van der Waals surface area (Å²) in [7, 11) is -3.24. The molecule has 0 aromatic heterocycles. The molecule has 0 saturated heterocycles. The summed E-state index contributed by atoms with van der Waals surface area (Å²) in [5.74, 6) is 0. The van der Waals surface area contributed by atoms with E-state index in [2.05, 4.69) is 309 Å². The van der Waals surface area contributed by atoms with Crippen molar-refractivity contribution in [2.45, 2.75) is 117 Å². The van der Waals surface area contributed by atoms with Gasteiger partial charge in [0.25, 0.3) is 0 Å². The van der Waals surface area contributed by atoms with Gasteiger partial charge in [0.2, 0.25) is 0 Å². The normalized spacial score (nSPS) is 12.0. The van der Waals surface area contributed by atoms with Gasteiger partial charge in [-0.15, -0.1) is 0 Å². The minimum atomic E-state index is -1.62. The summed E-state index contributed by atoms with van der Waals surface area (Å²) in [4.78, 5) is 0. The molecule has 68 heavy (non-hydrogen) atoms. The molecule has 0 aliphatic carbocycles. The van der Waals surface area contributed by atoms with E-state index in [0.717, 1.165) is 0 Å². The van der Waals surface area contributed by atoms with E-state index in [1.807, 2.05) is 0 Å².